The molecule has 0 heterocycles. The maximum absolute atomic E-state index is 8.83. The molecule has 0 unspecified atom stereocenters. The molecule has 0 bridgehead atoms. The van der Waals surface area contributed by atoms with Gasteiger partial charge in [-0.2, -0.15) is 0 Å². The molecule has 3 heteroatoms. The van der Waals surface area contributed by atoms with Gasteiger partial charge in [0.2, 0.25) is 0 Å². The molecule has 0 radical (unpaired) electrons. The van der Waals surface area contributed by atoms with Gasteiger partial charge in [-0.05, 0) is 49.8 Å². The Labute approximate surface area is 103 Å². The second-order valence-electron chi connectivity index (χ2n) is 4.99. The number of hydrogen-bond donors (Lipinski definition) is 2. The van der Waals surface area contributed by atoms with Crippen LogP contribution in [-0.4, -0.2) is 11.8 Å². The van der Waals surface area contributed by atoms with E-state index in [9.17, 15) is 0 Å². The van der Waals surface area contributed by atoms with Gasteiger partial charge in [-0.3, -0.25) is 0 Å². The summed E-state index contributed by atoms with van der Waals surface area (Å²) in [5.41, 5.74) is 5.69. The zero-order chi connectivity index (χ0) is 12.3. The van der Waals surface area contributed by atoms with Crippen molar-refractivity contribution < 1.29 is 9.94 Å². The Bertz CT molecular complexity index is 386. The molecule has 0 aliphatic heterocycles. The van der Waals surface area contributed by atoms with Crippen LogP contribution in [0, 0.1) is 19.8 Å². The van der Waals surface area contributed by atoms with Gasteiger partial charge in [-0.25, -0.2) is 5.48 Å². The lowest BCUT2D eigenvalue weighted by Gasteiger charge is -2.26. The lowest BCUT2D eigenvalue weighted by atomic mass is 9.86. The first-order chi connectivity index (χ1) is 8.20. The minimum Gasteiger partial charge on any atom is -0.493 e. The fourth-order valence-electron chi connectivity index (χ4n) is 2.07. The fraction of sp³-hybridized carbons (Fsp3) is 0.571. The molecule has 0 amide bonds. The van der Waals surface area contributed by atoms with E-state index >= 15 is 0 Å². The van der Waals surface area contributed by atoms with E-state index in [1.807, 2.05) is 0 Å². The zero-order valence-electron chi connectivity index (χ0n) is 10.6. The fourth-order valence-corrected chi connectivity index (χ4v) is 2.07. The van der Waals surface area contributed by atoms with Crippen molar-refractivity contribution in [1.29, 1.82) is 0 Å². The number of rotatable bonds is 5. The molecule has 1 aromatic rings. The average molecular weight is 235 g/mol. The first-order valence-electron chi connectivity index (χ1n) is 6.30. The van der Waals surface area contributed by atoms with E-state index in [0.717, 1.165) is 23.8 Å². The minimum absolute atomic E-state index is 0.432. The van der Waals surface area contributed by atoms with Crippen LogP contribution in [0.15, 0.2) is 12.1 Å². The van der Waals surface area contributed by atoms with Crippen LogP contribution < -0.4 is 10.2 Å². The van der Waals surface area contributed by atoms with Crippen molar-refractivity contribution in [3.05, 3.63) is 28.8 Å². The van der Waals surface area contributed by atoms with E-state index in [0.29, 0.717) is 6.54 Å². The summed E-state index contributed by atoms with van der Waals surface area (Å²) in [6.07, 6.45) is 3.92. The number of aryl methyl sites for hydroxylation is 2. The van der Waals surface area contributed by atoms with Crippen molar-refractivity contribution in [2.75, 3.05) is 6.61 Å². The summed E-state index contributed by atoms with van der Waals surface area (Å²) >= 11 is 0. The highest BCUT2D eigenvalue weighted by molar-refractivity contribution is 5.41. The van der Waals surface area contributed by atoms with Crippen LogP contribution >= 0.6 is 0 Å². The van der Waals surface area contributed by atoms with Gasteiger partial charge in [0.05, 0.1) is 6.61 Å². The molecular formula is C14H21NO2. The second kappa shape index (κ2) is 5.52. The molecule has 0 saturated heterocycles. The lowest BCUT2D eigenvalue weighted by Crippen LogP contribution is -2.20. The van der Waals surface area contributed by atoms with E-state index in [-0.39, 0.29) is 0 Å². The van der Waals surface area contributed by atoms with Crippen molar-refractivity contribution in [3.8, 4) is 5.75 Å². The number of benzene rings is 1. The maximum Gasteiger partial charge on any atom is 0.124 e. The van der Waals surface area contributed by atoms with Gasteiger partial charge in [0.1, 0.15) is 5.75 Å². The number of hydrogen-bond acceptors (Lipinski definition) is 3. The lowest BCUT2D eigenvalue weighted by molar-refractivity contribution is 0.155. The molecule has 0 spiro atoms. The second-order valence-corrected chi connectivity index (χ2v) is 4.99. The van der Waals surface area contributed by atoms with Crippen LogP contribution in [0.1, 0.15) is 36.0 Å². The summed E-state index contributed by atoms with van der Waals surface area (Å²) in [5, 5.41) is 8.83. The third kappa shape index (κ3) is 2.99. The zero-order valence-corrected chi connectivity index (χ0v) is 10.6. The van der Waals surface area contributed by atoms with Crippen molar-refractivity contribution in [1.82, 2.24) is 5.48 Å². The summed E-state index contributed by atoms with van der Waals surface area (Å²) in [7, 11) is 0. The monoisotopic (exact) mass is 235 g/mol. The molecule has 1 saturated carbocycles. The van der Waals surface area contributed by atoms with Crippen molar-refractivity contribution in [2.45, 2.75) is 39.7 Å². The summed E-state index contributed by atoms with van der Waals surface area (Å²) in [6.45, 7) is 5.40. The van der Waals surface area contributed by atoms with E-state index < -0.39 is 0 Å². The molecule has 0 aromatic heterocycles. The minimum atomic E-state index is 0.432. The predicted octanol–water partition coefficient (Wildman–Crippen LogP) is 2.96. The van der Waals surface area contributed by atoms with E-state index in [1.165, 1.54) is 30.4 Å². The molecule has 94 valence electrons. The number of nitrogens with one attached hydrogen (secondary N) is 1. The van der Waals surface area contributed by atoms with Crippen LogP contribution in [0.25, 0.3) is 0 Å². The highest BCUT2D eigenvalue weighted by atomic mass is 16.5. The smallest absolute Gasteiger partial charge is 0.124 e. The van der Waals surface area contributed by atoms with Crippen molar-refractivity contribution >= 4 is 0 Å². The quantitative estimate of drug-likeness (QED) is 0.771. The Balaban J connectivity index is 2.08. The van der Waals surface area contributed by atoms with Crippen LogP contribution in [0.3, 0.4) is 0 Å². The summed E-state index contributed by atoms with van der Waals surface area (Å²) in [4.78, 5) is 0. The van der Waals surface area contributed by atoms with Gasteiger partial charge in [-0.15, -0.1) is 0 Å². The van der Waals surface area contributed by atoms with Gasteiger partial charge in [0.25, 0.3) is 0 Å². The van der Waals surface area contributed by atoms with E-state index in [1.54, 1.807) is 0 Å². The SMILES string of the molecule is Cc1cc(CNO)c(OCC2CCC2)cc1C. The molecule has 2 N–H and O–H groups in total. The molecule has 0 atom stereocenters. The third-order valence-corrected chi connectivity index (χ3v) is 3.65. The van der Waals surface area contributed by atoms with Gasteiger partial charge < -0.3 is 9.94 Å². The Kier molecular flexibility index (Phi) is 4.02. The van der Waals surface area contributed by atoms with Gasteiger partial charge in [0, 0.05) is 12.1 Å². The first-order valence-corrected chi connectivity index (χ1v) is 6.30. The molecule has 1 aliphatic rings. The Morgan fingerprint density at radius 3 is 2.59 bits per heavy atom. The van der Waals surface area contributed by atoms with E-state index in [4.69, 9.17) is 9.94 Å². The molecule has 1 aliphatic carbocycles. The standard InChI is InChI=1S/C14H21NO2/c1-10-6-13(8-15-16)14(7-11(10)2)17-9-12-4-3-5-12/h6-7,12,15-16H,3-5,8-9H2,1-2H3. The molecule has 3 nitrogen and oxygen atoms in total. The van der Waals surface area contributed by atoms with Gasteiger partial charge >= 0.3 is 0 Å². The van der Waals surface area contributed by atoms with Crippen LogP contribution in [0.4, 0.5) is 0 Å². The van der Waals surface area contributed by atoms with Gasteiger partial charge in [0.15, 0.2) is 0 Å². The van der Waals surface area contributed by atoms with Crippen LogP contribution in [-0.2, 0) is 6.54 Å². The molecule has 1 aromatic carbocycles. The number of ether oxygens (including phenoxy) is 1. The summed E-state index contributed by atoms with van der Waals surface area (Å²) in [5.74, 6) is 1.63. The highest BCUT2D eigenvalue weighted by Gasteiger charge is 2.18. The van der Waals surface area contributed by atoms with E-state index in [2.05, 4.69) is 31.5 Å². The van der Waals surface area contributed by atoms with Crippen LogP contribution in [0.5, 0.6) is 5.75 Å². The van der Waals surface area contributed by atoms with Crippen LogP contribution in [0.2, 0.25) is 0 Å². The molecule has 17 heavy (non-hydrogen) atoms. The first kappa shape index (κ1) is 12.4. The summed E-state index contributed by atoms with van der Waals surface area (Å²) in [6, 6.07) is 4.15. The maximum atomic E-state index is 8.83. The predicted molar refractivity (Wildman–Crippen MR) is 67.4 cm³/mol. The Morgan fingerprint density at radius 1 is 1.29 bits per heavy atom. The molecule has 1 fully saturated rings. The summed E-state index contributed by atoms with van der Waals surface area (Å²) < 4.78 is 5.88. The Morgan fingerprint density at radius 2 is 2.00 bits per heavy atom. The number of hydroxylamine groups is 1. The van der Waals surface area contributed by atoms with Gasteiger partial charge in [-0.1, -0.05) is 12.5 Å². The highest BCUT2D eigenvalue weighted by Crippen LogP contribution is 2.29. The average Bonchev–Trinajstić information content (AvgIpc) is 2.23. The topological polar surface area (TPSA) is 41.5 Å². The van der Waals surface area contributed by atoms with Crippen molar-refractivity contribution in [3.63, 3.8) is 0 Å². The largest absolute Gasteiger partial charge is 0.493 e. The Hall–Kier alpha value is -1.06. The third-order valence-electron chi connectivity index (χ3n) is 3.65. The molecular weight excluding hydrogens is 214 g/mol. The normalized spacial score (nSPS) is 15.7. The van der Waals surface area contributed by atoms with Crippen molar-refractivity contribution in [2.24, 2.45) is 5.92 Å². The molecule has 2 rings (SSSR count).